The molecule has 0 unspecified atom stereocenters. The first-order chi connectivity index (χ1) is 4.70. The highest BCUT2D eigenvalue weighted by Gasteiger charge is 1.90. The Bertz CT molecular complexity index is 281. The summed E-state index contributed by atoms with van der Waals surface area (Å²) < 4.78 is 20.6. The van der Waals surface area contributed by atoms with Crippen LogP contribution in [0.2, 0.25) is 0 Å². The Morgan fingerprint density at radius 1 is 1.10 bits per heavy atom. The predicted octanol–water partition coefficient (Wildman–Crippen LogP) is 0.239. The Labute approximate surface area is 60.4 Å². The second-order valence-corrected chi connectivity index (χ2v) is 2.88. The third-order valence-corrected chi connectivity index (χ3v) is 1.82. The molecule has 4 heteroatoms. The van der Waals surface area contributed by atoms with Gasteiger partial charge >= 0.3 is 0 Å². The normalized spacial score (nSPS) is 10.1. The number of nitrogen functional groups attached to an aromatic ring is 1. The molecular weight excluding hydrogens is 150 g/mol. The zero-order chi connectivity index (χ0) is 7.56. The van der Waals surface area contributed by atoms with E-state index in [1.807, 2.05) is 0 Å². The van der Waals surface area contributed by atoms with Crippen molar-refractivity contribution in [2.75, 3.05) is 5.73 Å². The number of nitrogens with two attached hydrogens (primary N) is 1. The summed E-state index contributed by atoms with van der Waals surface area (Å²) in [6, 6.07) is 6.06. The van der Waals surface area contributed by atoms with E-state index in [9.17, 15) is 8.42 Å². The quantitative estimate of drug-likeness (QED) is 0.453. The van der Waals surface area contributed by atoms with Crippen molar-refractivity contribution in [3.63, 3.8) is 0 Å². The molecule has 0 radical (unpaired) electrons. The van der Waals surface area contributed by atoms with Gasteiger partial charge in [-0.05, 0) is 24.3 Å². The van der Waals surface area contributed by atoms with Crippen LogP contribution in [-0.4, -0.2) is 8.42 Å². The van der Waals surface area contributed by atoms with E-state index in [1.165, 1.54) is 12.1 Å². The molecule has 0 aliphatic heterocycles. The van der Waals surface area contributed by atoms with Crippen molar-refractivity contribution in [3.05, 3.63) is 24.3 Å². The maximum atomic E-state index is 10.3. The summed E-state index contributed by atoms with van der Waals surface area (Å²) in [7, 11) is -2.46. The van der Waals surface area contributed by atoms with E-state index in [1.54, 1.807) is 12.1 Å². The largest absolute Gasteiger partial charge is 0.399 e. The molecule has 0 saturated carbocycles. The maximum absolute atomic E-state index is 10.3. The highest BCUT2D eigenvalue weighted by Crippen LogP contribution is 2.05. The lowest BCUT2D eigenvalue weighted by atomic mass is 10.3. The summed E-state index contributed by atoms with van der Waals surface area (Å²) in [4.78, 5) is 0.296. The first kappa shape index (κ1) is 7.08. The second-order valence-electron chi connectivity index (χ2n) is 1.85. The molecule has 1 aromatic carbocycles. The van der Waals surface area contributed by atoms with Crippen molar-refractivity contribution in [1.82, 2.24) is 0 Å². The van der Waals surface area contributed by atoms with Gasteiger partial charge in [-0.25, -0.2) is 8.42 Å². The summed E-state index contributed by atoms with van der Waals surface area (Å²) in [6.45, 7) is 0. The Morgan fingerprint density at radius 3 is 2.00 bits per heavy atom. The van der Waals surface area contributed by atoms with E-state index < -0.39 is 10.7 Å². The third kappa shape index (κ3) is 1.48. The Balaban J connectivity index is 3.12. The Kier molecular flexibility index (Phi) is 1.91. The number of thiol groups is 1. The van der Waals surface area contributed by atoms with E-state index in [0.29, 0.717) is 10.6 Å². The summed E-state index contributed by atoms with van der Waals surface area (Å²) in [5.41, 5.74) is 5.90. The van der Waals surface area contributed by atoms with Crippen molar-refractivity contribution in [2.45, 2.75) is 4.90 Å². The molecule has 0 bridgehead atoms. The molecule has 0 aliphatic carbocycles. The van der Waals surface area contributed by atoms with Gasteiger partial charge in [-0.1, -0.05) is 0 Å². The van der Waals surface area contributed by atoms with Gasteiger partial charge < -0.3 is 5.73 Å². The van der Waals surface area contributed by atoms with Crippen molar-refractivity contribution >= 4 is 16.4 Å². The molecule has 0 spiro atoms. The maximum Gasteiger partial charge on any atom is 0.168 e. The van der Waals surface area contributed by atoms with Gasteiger partial charge in [0.05, 0.1) is 4.90 Å². The molecule has 0 fully saturated rings. The van der Waals surface area contributed by atoms with Gasteiger partial charge in [-0.3, -0.25) is 0 Å². The number of benzene rings is 1. The SMILES string of the molecule is Nc1ccc([SH](=O)=O)cc1. The van der Waals surface area contributed by atoms with Crippen LogP contribution in [0, 0.1) is 0 Å². The monoisotopic (exact) mass is 157 g/mol. The summed E-state index contributed by atoms with van der Waals surface area (Å²) >= 11 is 0. The van der Waals surface area contributed by atoms with Crippen molar-refractivity contribution < 1.29 is 8.42 Å². The zero-order valence-electron chi connectivity index (χ0n) is 5.15. The van der Waals surface area contributed by atoms with E-state index in [-0.39, 0.29) is 0 Å². The van der Waals surface area contributed by atoms with Gasteiger partial charge in [0.1, 0.15) is 0 Å². The van der Waals surface area contributed by atoms with Crippen LogP contribution in [0.15, 0.2) is 29.2 Å². The van der Waals surface area contributed by atoms with Crippen LogP contribution >= 0.6 is 0 Å². The lowest BCUT2D eigenvalue weighted by Gasteiger charge is -1.90. The van der Waals surface area contributed by atoms with Gasteiger partial charge in [-0.2, -0.15) is 0 Å². The smallest absolute Gasteiger partial charge is 0.168 e. The molecule has 10 heavy (non-hydrogen) atoms. The van der Waals surface area contributed by atoms with E-state index in [0.717, 1.165) is 0 Å². The summed E-state index contributed by atoms with van der Waals surface area (Å²) in [5, 5.41) is 0. The highest BCUT2D eigenvalue weighted by atomic mass is 32.2. The highest BCUT2D eigenvalue weighted by molar-refractivity contribution is 7.72. The van der Waals surface area contributed by atoms with Crippen molar-refractivity contribution in [1.29, 1.82) is 0 Å². The molecular formula is C6H7NO2S. The predicted molar refractivity (Wildman–Crippen MR) is 39.4 cm³/mol. The van der Waals surface area contributed by atoms with Crippen molar-refractivity contribution in [3.8, 4) is 0 Å². The summed E-state index contributed by atoms with van der Waals surface area (Å²) in [5.74, 6) is 0. The Morgan fingerprint density at radius 2 is 1.60 bits per heavy atom. The van der Waals surface area contributed by atoms with Crippen molar-refractivity contribution in [2.24, 2.45) is 0 Å². The zero-order valence-corrected chi connectivity index (χ0v) is 6.04. The standard InChI is InChI=1S/C6H7NO2S/c7-5-1-3-6(4-2-5)10(8)9/h1-4,10H,7H2. The molecule has 0 amide bonds. The fraction of sp³-hybridized carbons (Fsp3) is 0. The van der Waals surface area contributed by atoms with Crippen LogP contribution in [0.5, 0.6) is 0 Å². The molecule has 1 aromatic rings. The fourth-order valence-corrected chi connectivity index (χ4v) is 0.989. The first-order valence-corrected chi connectivity index (χ1v) is 3.88. The van der Waals surface area contributed by atoms with Gasteiger partial charge in [0.2, 0.25) is 0 Å². The topological polar surface area (TPSA) is 60.2 Å². The van der Waals surface area contributed by atoms with Gasteiger partial charge in [0, 0.05) is 5.69 Å². The first-order valence-electron chi connectivity index (χ1n) is 2.70. The lowest BCUT2D eigenvalue weighted by molar-refractivity contribution is 0.614. The van der Waals surface area contributed by atoms with Crippen LogP contribution in [0.4, 0.5) is 5.69 Å². The number of hydrogen-bond donors (Lipinski definition) is 2. The number of hydrogen-bond acceptors (Lipinski definition) is 3. The van der Waals surface area contributed by atoms with Gasteiger partial charge in [0.15, 0.2) is 10.7 Å². The van der Waals surface area contributed by atoms with Gasteiger partial charge in [0.25, 0.3) is 0 Å². The molecule has 54 valence electrons. The molecule has 0 aromatic heterocycles. The van der Waals surface area contributed by atoms with Crippen LogP contribution < -0.4 is 5.73 Å². The second kappa shape index (κ2) is 2.70. The molecule has 0 atom stereocenters. The number of rotatable bonds is 1. The average Bonchev–Trinajstić information content (AvgIpc) is 1.88. The van der Waals surface area contributed by atoms with Crippen LogP contribution in [0.25, 0.3) is 0 Å². The fourth-order valence-electron chi connectivity index (χ4n) is 0.596. The summed E-state index contributed by atoms with van der Waals surface area (Å²) in [6.07, 6.45) is 0. The molecule has 0 saturated heterocycles. The van der Waals surface area contributed by atoms with Crippen LogP contribution in [0.1, 0.15) is 0 Å². The minimum Gasteiger partial charge on any atom is -0.399 e. The average molecular weight is 157 g/mol. The van der Waals surface area contributed by atoms with E-state index in [2.05, 4.69) is 0 Å². The molecule has 0 heterocycles. The third-order valence-electron chi connectivity index (χ3n) is 1.10. The lowest BCUT2D eigenvalue weighted by Crippen LogP contribution is -1.84. The molecule has 1 rings (SSSR count). The minimum atomic E-state index is -2.46. The van der Waals surface area contributed by atoms with E-state index in [4.69, 9.17) is 5.73 Å². The molecule has 0 aliphatic rings. The van der Waals surface area contributed by atoms with Crippen LogP contribution in [-0.2, 0) is 10.7 Å². The van der Waals surface area contributed by atoms with Crippen LogP contribution in [0.3, 0.4) is 0 Å². The van der Waals surface area contributed by atoms with E-state index >= 15 is 0 Å². The number of anilines is 1. The molecule has 3 nitrogen and oxygen atoms in total. The van der Waals surface area contributed by atoms with Gasteiger partial charge in [-0.15, -0.1) is 0 Å². The molecule has 2 N–H and O–H groups in total. The Hall–Kier alpha value is -1.03. The minimum absolute atomic E-state index is 0.296.